The van der Waals surface area contributed by atoms with Gasteiger partial charge in [-0.25, -0.2) is 0 Å². The molecule has 1 fully saturated rings. The number of rotatable bonds is 2. The van der Waals surface area contributed by atoms with Gasteiger partial charge in [-0.1, -0.05) is 38.3 Å². The first-order chi connectivity index (χ1) is 7.95. The summed E-state index contributed by atoms with van der Waals surface area (Å²) in [7, 11) is 0. The first-order valence-electron chi connectivity index (χ1n) is 6.25. The lowest BCUT2D eigenvalue weighted by Crippen LogP contribution is -2.48. The van der Waals surface area contributed by atoms with E-state index in [1.54, 1.807) is 12.4 Å². The highest BCUT2D eigenvalue weighted by molar-refractivity contribution is 6.31. The molecule has 1 saturated carbocycles. The van der Waals surface area contributed by atoms with Crippen LogP contribution in [0, 0.1) is 5.41 Å². The van der Waals surface area contributed by atoms with Gasteiger partial charge in [0.2, 0.25) is 0 Å². The van der Waals surface area contributed by atoms with Crippen molar-refractivity contribution >= 4 is 11.6 Å². The summed E-state index contributed by atoms with van der Waals surface area (Å²) in [4.78, 5) is 3.98. The minimum absolute atomic E-state index is 0.0438. The van der Waals surface area contributed by atoms with Crippen LogP contribution in [-0.2, 0) is 6.42 Å². The molecule has 17 heavy (non-hydrogen) atoms. The number of pyridine rings is 1. The Balaban J connectivity index is 2.24. The van der Waals surface area contributed by atoms with Crippen molar-refractivity contribution in [3.05, 3.63) is 29.0 Å². The van der Waals surface area contributed by atoms with E-state index in [9.17, 15) is 5.11 Å². The van der Waals surface area contributed by atoms with Crippen LogP contribution in [0.15, 0.2) is 18.5 Å². The number of hydrogen-bond acceptors (Lipinski definition) is 2. The van der Waals surface area contributed by atoms with Crippen LogP contribution in [0.1, 0.15) is 45.1 Å². The van der Waals surface area contributed by atoms with Crippen LogP contribution in [0.5, 0.6) is 0 Å². The van der Waals surface area contributed by atoms with E-state index in [0.717, 1.165) is 24.8 Å². The molecule has 2 rings (SSSR count). The second-order valence-corrected chi connectivity index (χ2v) is 6.17. The van der Waals surface area contributed by atoms with E-state index in [0.29, 0.717) is 11.4 Å². The molecule has 0 radical (unpaired) electrons. The normalized spacial score (nSPS) is 28.0. The van der Waals surface area contributed by atoms with Crippen LogP contribution in [-0.4, -0.2) is 15.7 Å². The number of hydrogen-bond donors (Lipinski definition) is 1. The third kappa shape index (κ3) is 2.48. The molecule has 1 aromatic rings. The maximum absolute atomic E-state index is 10.9. The molecule has 1 aromatic heterocycles. The molecular formula is C14H20ClNO. The zero-order chi connectivity index (χ0) is 12.5. The van der Waals surface area contributed by atoms with Crippen molar-refractivity contribution in [2.75, 3.05) is 0 Å². The first-order valence-corrected chi connectivity index (χ1v) is 6.63. The molecule has 0 spiro atoms. The van der Waals surface area contributed by atoms with Crippen molar-refractivity contribution in [3.63, 3.8) is 0 Å². The molecule has 94 valence electrons. The van der Waals surface area contributed by atoms with Crippen molar-refractivity contribution in [3.8, 4) is 0 Å². The van der Waals surface area contributed by atoms with Crippen LogP contribution in [0.2, 0.25) is 5.02 Å². The quantitative estimate of drug-likeness (QED) is 0.874. The molecular weight excluding hydrogens is 234 g/mol. The Hall–Kier alpha value is -0.600. The Morgan fingerprint density at radius 1 is 1.35 bits per heavy atom. The summed E-state index contributed by atoms with van der Waals surface area (Å²) in [5.41, 5.74) is 0.313. The lowest BCUT2D eigenvalue weighted by Gasteiger charge is -2.46. The molecule has 0 aromatic carbocycles. The zero-order valence-electron chi connectivity index (χ0n) is 10.5. The summed E-state index contributed by atoms with van der Waals surface area (Å²) >= 11 is 6.12. The van der Waals surface area contributed by atoms with E-state index in [4.69, 9.17) is 11.6 Å². The second-order valence-electron chi connectivity index (χ2n) is 5.77. The smallest absolute Gasteiger partial charge is 0.0739 e. The van der Waals surface area contributed by atoms with Gasteiger partial charge in [0.25, 0.3) is 0 Å². The zero-order valence-corrected chi connectivity index (χ0v) is 11.3. The van der Waals surface area contributed by atoms with Crippen LogP contribution in [0.25, 0.3) is 0 Å². The maximum Gasteiger partial charge on any atom is 0.0739 e. The molecule has 1 heterocycles. The summed E-state index contributed by atoms with van der Waals surface area (Å²) in [6.45, 7) is 4.31. The van der Waals surface area contributed by atoms with E-state index in [1.807, 2.05) is 6.07 Å². The topological polar surface area (TPSA) is 33.1 Å². The number of halogens is 1. The van der Waals surface area contributed by atoms with E-state index in [-0.39, 0.29) is 5.41 Å². The van der Waals surface area contributed by atoms with Crippen molar-refractivity contribution in [2.24, 2.45) is 5.41 Å². The van der Waals surface area contributed by atoms with Gasteiger partial charge in [-0.05, 0) is 29.9 Å². The summed E-state index contributed by atoms with van der Waals surface area (Å²) < 4.78 is 0. The van der Waals surface area contributed by atoms with Gasteiger partial charge in [0.1, 0.15) is 0 Å². The van der Waals surface area contributed by atoms with E-state index < -0.39 is 5.60 Å². The van der Waals surface area contributed by atoms with Gasteiger partial charge in [-0.15, -0.1) is 0 Å². The predicted molar refractivity (Wildman–Crippen MR) is 70.1 cm³/mol. The fraction of sp³-hybridized carbons (Fsp3) is 0.643. The molecule has 1 aliphatic rings. The van der Waals surface area contributed by atoms with Crippen LogP contribution < -0.4 is 0 Å². The number of nitrogens with zero attached hydrogens (tertiary/aromatic N) is 1. The molecule has 0 aliphatic heterocycles. The first kappa shape index (κ1) is 12.8. The molecule has 0 bridgehead atoms. The monoisotopic (exact) mass is 253 g/mol. The summed E-state index contributed by atoms with van der Waals surface area (Å²) in [5.74, 6) is 0. The van der Waals surface area contributed by atoms with Gasteiger partial charge in [0.05, 0.1) is 10.6 Å². The van der Waals surface area contributed by atoms with Crippen molar-refractivity contribution in [1.82, 2.24) is 4.98 Å². The van der Waals surface area contributed by atoms with Gasteiger partial charge in [-0.2, -0.15) is 0 Å². The van der Waals surface area contributed by atoms with Crippen LogP contribution in [0.4, 0.5) is 0 Å². The Bertz CT molecular complexity index is 405. The molecule has 1 aliphatic carbocycles. The van der Waals surface area contributed by atoms with Gasteiger partial charge >= 0.3 is 0 Å². The molecule has 1 atom stereocenters. The van der Waals surface area contributed by atoms with E-state index in [2.05, 4.69) is 18.8 Å². The highest BCUT2D eigenvalue weighted by Gasteiger charge is 2.45. The lowest BCUT2D eigenvalue weighted by atomic mass is 9.63. The molecule has 0 amide bonds. The summed E-state index contributed by atoms with van der Waals surface area (Å²) in [6, 6.07) is 1.91. The Morgan fingerprint density at radius 3 is 2.71 bits per heavy atom. The average Bonchev–Trinajstić information content (AvgIpc) is 2.26. The molecule has 1 N–H and O–H groups in total. The average molecular weight is 254 g/mol. The van der Waals surface area contributed by atoms with Crippen molar-refractivity contribution in [1.29, 1.82) is 0 Å². The summed E-state index contributed by atoms with van der Waals surface area (Å²) in [5, 5.41) is 11.6. The molecule has 2 nitrogen and oxygen atoms in total. The number of aromatic nitrogens is 1. The van der Waals surface area contributed by atoms with Gasteiger partial charge < -0.3 is 5.11 Å². The van der Waals surface area contributed by atoms with Gasteiger partial charge in [0, 0.05) is 18.8 Å². The highest BCUT2D eigenvalue weighted by atomic mass is 35.5. The fourth-order valence-corrected chi connectivity index (χ4v) is 2.93. The number of aliphatic hydroxyl groups is 1. The molecule has 1 unspecified atom stereocenters. The third-order valence-corrected chi connectivity index (χ3v) is 4.58. The summed E-state index contributed by atoms with van der Waals surface area (Å²) in [6.07, 6.45) is 8.25. The second kappa shape index (κ2) is 4.58. The van der Waals surface area contributed by atoms with Gasteiger partial charge in [0.15, 0.2) is 0 Å². The fourth-order valence-electron chi connectivity index (χ4n) is 2.75. The third-order valence-electron chi connectivity index (χ3n) is 4.24. The predicted octanol–water partition coefficient (Wildman–Crippen LogP) is 3.61. The minimum Gasteiger partial charge on any atom is -0.389 e. The van der Waals surface area contributed by atoms with E-state index >= 15 is 0 Å². The van der Waals surface area contributed by atoms with Crippen molar-refractivity contribution in [2.45, 2.75) is 51.6 Å². The van der Waals surface area contributed by atoms with Gasteiger partial charge in [-0.3, -0.25) is 4.98 Å². The minimum atomic E-state index is -0.643. The Labute approximate surface area is 108 Å². The largest absolute Gasteiger partial charge is 0.389 e. The van der Waals surface area contributed by atoms with Crippen LogP contribution in [0.3, 0.4) is 0 Å². The standard InChI is InChI=1S/C14H20ClNO/c1-13(2)6-3-4-7-14(13,17)9-11-5-8-16-10-12(11)15/h5,8,10,17H,3-4,6-7,9H2,1-2H3. The van der Waals surface area contributed by atoms with Crippen LogP contribution >= 0.6 is 11.6 Å². The highest BCUT2D eigenvalue weighted by Crippen LogP contribution is 2.45. The SMILES string of the molecule is CC1(C)CCCCC1(O)Cc1ccncc1Cl. The maximum atomic E-state index is 10.9. The van der Waals surface area contributed by atoms with E-state index in [1.165, 1.54) is 6.42 Å². The molecule has 0 saturated heterocycles. The lowest BCUT2D eigenvalue weighted by molar-refractivity contribution is -0.0958. The Morgan fingerprint density at radius 2 is 2.06 bits per heavy atom. The van der Waals surface area contributed by atoms with Crippen molar-refractivity contribution < 1.29 is 5.11 Å². The molecule has 3 heteroatoms. The Kier molecular flexibility index (Phi) is 3.46.